The molecule has 2 N–H and O–H groups in total. The predicted octanol–water partition coefficient (Wildman–Crippen LogP) is 1.99. The highest BCUT2D eigenvalue weighted by Gasteiger charge is 2.13. The number of aromatic nitrogens is 3. The normalized spacial score (nSPS) is 10.6. The summed E-state index contributed by atoms with van der Waals surface area (Å²) in [6.45, 7) is 2.91. The van der Waals surface area contributed by atoms with Crippen LogP contribution in [-0.4, -0.2) is 25.8 Å². The first-order chi connectivity index (χ1) is 7.72. The van der Waals surface area contributed by atoms with Crippen LogP contribution in [0.5, 0.6) is 0 Å². The number of hydrogen-bond acceptors (Lipinski definition) is 2. The van der Waals surface area contributed by atoms with Gasteiger partial charge in [0.15, 0.2) is 0 Å². The molecule has 0 aliphatic rings. The number of rotatable bonds is 4. The van der Waals surface area contributed by atoms with Crippen molar-refractivity contribution in [1.29, 1.82) is 0 Å². The Morgan fingerprint density at radius 2 is 2.44 bits per heavy atom. The number of aromatic carboxylic acids is 1. The molecule has 0 amide bonds. The Kier molecular flexibility index (Phi) is 2.76. The van der Waals surface area contributed by atoms with Crippen LogP contribution < -0.4 is 0 Å². The molecule has 0 radical (unpaired) electrons. The second-order valence-corrected chi connectivity index (χ2v) is 3.56. The van der Waals surface area contributed by atoms with E-state index in [1.54, 1.807) is 18.5 Å². The van der Waals surface area contributed by atoms with E-state index in [0.717, 1.165) is 18.5 Å². The summed E-state index contributed by atoms with van der Waals surface area (Å²) >= 11 is 0. The molecule has 0 atom stereocenters. The molecule has 0 aromatic carbocycles. The summed E-state index contributed by atoms with van der Waals surface area (Å²) in [5.74, 6) is -0.955. The fourth-order valence-electron chi connectivity index (χ4n) is 1.64. The molecule has 2 aromatic rings. The van der Waals surface area contributed by atoms with E-state index >= 15 is 0 Å². The van der Waals surface area contributed by atoms with Gasteiger partial charge in [0.25, 0.3) is 0 Å². The van der Waals surface area contributed by atoms with Gasteiger partial charge in [0, 0.05) is 30.1 Å². The van der Waals surface area contributed by atoms with Crippen molar-refractivity contribution in [3.05, 3.63) is 30.4 Å². The van der Waals surface area contributed by atoms with Crippen molar-refractivity contribution in [3.63, 3.8) is 0 Å². The van der Waals surface area contributed by atoms with E-state index < -0.39 is 5.97 Å². The number of hydrogen-bond donors (Lipinski definition) is 2. The Balaban J connectivity index is 2.35. The van der Waals surface area contributed by atoms with Crippen molar-refractivity contribution in [2.45, 2.75) is 19.9 Å². The van der Waals surface area contributed by atoms with Crippen molar-refractivity contribution in [2.24, 2.45) is 0 Å². The average molecular weight is 219 g/mol. The summed E-state index contributed by atoms with van der Waals surface area (Å²) in [7, 11) is 0. The third-order valence-corrected chi connectivity index (χ3v) is 2.36. The van der Waals surface area contributed by atoms with Crippen molar-refractivity contribution in [2.75, 3.05) is 0 Å². The van der Waals surface area contributed by atoms with Crippen LogP contribution in [0.2, 0.25) is 0 Å². The monoisotopic (exact) mass is 219 g/mol. The van der Waals surface area contributed by atoms with Gasteiger partial charge in [-0.2, -0.15) is 5.10 Å². The van der Waals surface area contributed by atoms with Gasteiger partial charge in [-0.3, -0.25) is 4.68 Å². The Morgan fingerprint density at radius 3 is 3.12 bits per heavy atom. The van der Waals surface area contributed by atoms with Gasteiger partial charge in [-0.15, -0.1) is 0 Å². The standard InChI is InChI=1S/C11H13N3O2/c1-2-5-14-7-8(6-13-14)9-3-4-12-10(9)11(15)16/h3-4,6-7,12H,2,5H2,1H3,(H,15,16). The van der Waals surface area contributed by atoms with Gasteiger partial charge in [-0.25, -0.2) is 4.79 Å². The van der Waals surface area contributed by atoms with E-state index in [4.69, 9.17) is 5.11 Å². The highest BCUT2D eigenvalue weighted by Crippen LogP contribution is 2.22. The largest absolute Gasteiger partial charge is 0.477 e. The zero-order valence-electron chi connectivity index (χ0n) is 8.97. The lowest BCUT2D eigenvalue weighted by molar-refractivity contribution is 0.0692. The van der Waals surface area contributed by atoms with Gasteiger partial charge in [-0.1, -0.05) is 6.92 Å². The van der Waals surface area contributed by atoms with E-state index in [2.05, 4.69) is 17.0 Å². The fourth-order valence-corrected chi connectivity index (χ4v) is 1.64. The second-order valence-electron chi connectivity index (χ2n) is 3.56. The predicted molar refractivity (Wildman–Crippen MR) is 59.3 cm³/mol. The highest BCUT2D eigenvalue weighted by molar-refractivity contribution is 5.94. The molecule has 2 aromatic heterocycles. The molecule has 0 aliphatic heterocycles. The maximum Gasteiger partial charge on any atom is 0.352 e. The minimum absolute atomic E-state index is 0.205. The van der Waals surface area contributed by atoms with Crippen molar-refractivity contribution >= 4 is 5.97 Å². The molecule has 0 unspecified atom stereocenters. The molecule has 0 bridgehead atoms. The maximum absolute atomic E-state index is 10.9. The third kappa shape index (κ3) is 1.84. The topological polar surface area (TPSA) is 70.9 Å². The zero-order chi connectivity index (χ0) is 11.5. The number of H-pyrrole nitrogens is 1. The average Bonchev–Trinajstić information content (AvgIpc) is 2.83. The fraction of sp³-hybridized carbons (Fsp3) is 0.273. The first-order valence-electron chi connectivity index (χ1n) is 5.16. The molecular formula is C11H13N3O2. The first kappa shape index (κ1) is 10.5. The molecule has 84 valence electrons. The Labute approximate surface area is 92.7 Å². The summed E-state index contributed by atoms with van der Waals surface area (Å²) < 4.78 is 1.81. The Bertz CT molecular complexity index is 499. The molecule has 5 nitrogen and oxygen atoms in total. The molecule has 0 spiro atoms. The van der Waals surface area contributed by atoms with E-state index in [9.17, 15) is 4.79 Å². The number of carboxylic acid groups (broad SMARTS) is 1. The molecule has 0 aliphatic carbocycles. The summed E-state index contributed by atoms with van der Waals surface area (Å²) in [6.07, 6.45) is 6.17. The number of nitrogens with one attached hydrogen (secondary N) is 1. The van der Waals surface area contributed by atoms with Crippen molar-refractivity contribution in [3.8, 4) is 11.1 Å². The Hall–Kier alpha value is -2.04. The van der Waals surface area contributed by atoms with E-state index in [0.29, 0.717) is 5.56 Å². The van der Waals surface area contributed by atoms with Gasteiger partial charge >= 0.3 is 5.97 Å². The molecular weight excluding hydrogens is 206 g/mol. The molecule has 0 saturated heterocycles. The Morgan fingerprint density at radius 1 is 1.62 bits per heavy atom. The SMILES string of the molecule is CCCn1cc(-c2cc[nH]c2C(=O)O)cn1. The second kappa shape index (κ2) is 4.22. The third-order valence-electron chi connectivity index (χ3n) is 2.36. The number of nitrogens with zero attached hydrogens (tertiary/aromatic N) is 2. The zero-order valence-corrected chi connectivity index (χ0v) is 8.97. The van der Waals surface area contributed by atoms with Crippen LogP contribution in [0, 0.1) is 0 Å². The number of aryl methyl sites for hydroxylation is 1. The van der Waals surface area contributed by atoms with Gasteiger partial charge in [0.05, 0.1) is 6.20 Å². The van der Waals surface area contributed by atoms with Crippen LogP contribution in [0.25, 0.3) is 11.1 Å². The van der Waals surface area contributed by atoms with Crippen molar-refractivity contribution in [1.82, 2.24) is 14.8 Å². The maximum atomic E-state index is 10.9. The lowest BCUT2D eigenvalue weighted by Gasteiger charge is -1.96. The van der Waals surface area contributed by atoms with Crippen LogP contribution in [0.4, 0.5) is 0 Å². The van der Waals surface area contributed by atoms with E-state index in [1.165, 1.54) is 0 Å². The first-order valence-corrected chi connectivity index (χ1v) is 5.16. The molecule has 5 heteroatoms. The highest BCUT2D eigenvalue weighted by atomic mass is 16.4. The van der Waals surface area contributed by atoms with Gasteiger partial charge in [0.1, 0.15) is 5.69 Å². The number of carbonyl (C=O) groups is 1. The summed E-state index contributed by atoms with van der Waals surface area (Å²) in [4.78, 5) is 13.6. The van der Waals surface area contributed by atoms with Crippen LogP contribution in [0.15, 0.2) is 24.7 Å². The van der Waals surface area contributed by atoms with Crippen LogP contribution in [-0.2, 0) is 6.54 Å². The molecule has 2 rings (SSSR count). The summed E-state index contributed by atoms with van der Waals surface area (Å²) in [6, 6.07) is 1.75. The molecule has 0 saturated carbocycles. The van der Waals surface area contributed by atoms with E-state index in [1.807, 2.05) is 10.9 Å². The lowest BCUT2D eigenvalue weighted by Crippen LogP contribution is -1.98. The quantitative estimate of drug-likeness (QED) is 0.826. The minimum atomic E-state index is -0.955. The number of aromatic amines is 1. The van der Waals surface area contributed by atoms with Crippen LogP contribution in [0.3, 0.4) is 0 Å². The van der Waals surface area contributed by atoms with Gasteiger partial charge in [-0.05, 0) is 12.5 Å². The van der Waals surface area contributed by atoms with Gasteiger partial charge in [0.2, 0.25) is 0 Å². The van der Waals surface area contributed by atoms with E-state index in [-0.39, 0.29) is 5.69 Å². The van der Waals surface area contributed by atoms with Crippen molar-refractivity contribution < 1.29 is 9.90 Å². The van der Waals surface area contributed by atoms with Crippen LogP contribution >= 0.6 is 0 Å². The number of carboxylic acids is 1. The summed E-state index contributed by atoms with van der Waals surface area (Å²) in [5, 5.41) is 13.1. The van der Waals surface area contributed by atoms with Crippen LogP contribution in [0.1, 0.15) is 23.8 Å². The smallest absolute Gasteiger partial charge is 0.352 e. The lowest BCUT2D eigenvalue weighted by atomic mass is 10.1. The molecule has 0 fully saturated rings. The van der Waals surface area contributed by atoms with Gasteiger partial charge < -0.3 is 10.1 Å². The summed E-state index contributed by atoms with van der Waals surface area (Å²) in [5.41, 5.74) is 1.71. The molecule has 16 heavy (non-hydrogen) atoms. The minimum Gasteiger partial charge on any atom is -0.477 e. The molecule has 2 heterocycles.